The average molecular weight is 375 g/mol. The van der Waals surface area contributed by atoms with Crippen LogP contribution in [-0.4, -0.2) is 45.1 Å². The molecule has 3 fully saturated rings. The normalized spacial score (nSPS) is 22.2. The average Bonchev–Trinajstić information content (AvgIpc) is 3.19. The van der Waals surface area contributed by atoms with Crippen LogP contribution in [0.5, 0.6) is 0 Å². The molecule has 1 aromatic rings. The number of nitriles is 1. The van der Waals surface area contributed by atoms with Crippen molar-refractivity contribution in [2.75, 3.05) is 23.7 Å². The van der Waals surface area contributed by atoms with Crippen molar-refractivity contribution in [3.63, 3.8) is 0 Å². The van der Waals surface area contributed by atoms with Gasteiger partial charge in [0.05, 0.1) is 11.8 Å². The summed E-state index contributed by atoms with van der Waals surface area (Å²) in [6.45, 7) is 2.08. The van der Waals surface area contributed by atoms with Gasteiger partial charge in [-0.3, -0.25) is 9.36 Å². The van der Waals surface area contributed by atoms with Gasteiger partial charge in [0.25, 0.3) is 0 Å². The van der Waals surface area contributed by atoms with Gasteiger partial charge < -0.3 is 10.2 Å². The van der Waals surface area contributed by atoms with Gasteiger partial charge in [-0.05, 0) is 38.5 Å². The van der Waals surface area contributed by atoms with Crippen molar-refractivity contribution in [3.8, 4) is 6.07 Å². The molecule has 1 saturated heterocycles. The van der Waals surface area contributed by atoms with Crippen LogP contribution in [0.15, 0.2) is 5.16 Å². The van der Waals surface area contributed by atoms with Crippen molar-refractivity contribution in [2.24, 2.45) is 0 Å². The number of thioether (sulfide) groups is 1. The van der Waals surface area contributed by atoms with Crippen LogP contribution in [0.4, 0.5) is 5.95 Å². The van der Waals surface area contributed by atoms with Crippen LogP contribution < -0.4 is 10.2 Å². The fourth-order valence-electron chi connectivity index (χ4n) is 4.01. The van der Waals surface area contributed by atoms with Crippen LogP contribution in [-0.2, 0) is 4.79 Å². The van der Waals surface area contributed by atoms with E-state index in [1.165, 1.54) is 24.6 Å². The minimum absolute atomic E-state index is 0.0773. The lowest BCUT2D eigenvalue weighted by molar-refractivity contribution is -0.120. The Balaban J connectivity index is 1.40. The summed E-state index contributed by atoms with van der Waals surface area (Å²) in [5.74, 6) is 1.18. The van der Waals surface area contributed by atoms with Crippen LogP contribution in [0.2, 0.25) is 0 Å². The van der Waals surface area contributed by atoms with Crippen molar-refractivity contribution in [1.29, 1.82) is 5.26 Å². The molecule has 0 radical (unpaired) electrons. The third-order valence-corrected chi connectivity index (χ3v) is 6.52. The largest absolute Gasteiger partial charge is 0.341 e. The highest BCUT2D eigenvalue weighted by atomic mass is 32.2. The number of anilines is 1. The molecule has 1 aromatic heterocycles. The van der Waals surface area contributed by atoms with E-state index >= 15 is 0 Å². The summed E-state index contributed by atoms with van der Waals surface area (Å²) in [7, 11) is 0. The first-order valence-electron chi connectivity index (χ1n) is 9.76. The molecular weight excluding hydrogens is 348 g/mol. The zero-order chi connectivity index (χ0) is 18.0. The zero-order valence-electron chi connectivity index (χ0n) is 15.1. The molecule has 1 amide bonds. The highest BCUT2D eigenvalue weighted by Crippen LogP contribution is 2.41. The number of aromatic nitrogens is 3. The quantitative estimate of drug-likeness (QED) is 0.770. The molecule has 0 atom stereocenters. The number of hydrogen-bond donors (Lipinski definition) is 1. The SMILES string of the molecule is N#CC1(NC(=O)CSc2nnc(N3CCCC3)n2C2CC2)CCCCC1. The van der Waals surface area contributed by atoms with Gasteiger partial charge in [-0.1, -0.05) is 31.0 Å². The van der Waals surface area contributed by atoms with E-state index < -0.39 is 5.54 Å². The van der Waals surface area contributed by atoms with Crippen LogP contribution in [0.1, 0.15) is 63.8 Å². The molecule has 2 heterocycles. The third kappa shape index (κ3) is 3.68. The topological polar surface area (TPSA) is 86.8 Å². The molecular formula is C18H26N6OS. The monoisotopic (exact) mass is 374 g/mol. The zero-order valence-corrected chi connectivity index (χ0v) is 15.9. The summed E-state index contributed by atoms with van der Waals surface area (Å²) in [4.78, 5) is 14.8. The number of nitrogens with zero attached hydrogens (tertiary/aromatic N) is 5. The molecule has 26 heavy (non-hydrogen) atoms. The van der Waals surface area contributed by atoms with E-state index in [0.29, 0.717) is 6.04 Å². The fourth-order valence-corrected chi connectivity index (χ4v) is 4.81. The highest BCUT2D eigenvalue weighted by molar-refractivity contribution is 7.99. The fraction of sp³-hybridized carbons (Fsp3) is 0.778. The number of carbonyl (C=O) groups is 1. The molecule has 2 saturated carbocycles. The Morgan fingerprint density at radius 1 is 1.19 bits per heavy atom. The minimum atomic E-state index is -0.666. The first kappa shape index (κ1) is 17.7. The molecule has 8 heteroatoms. The molecule has 0 unspecified atom stereocenters. The Bertz CT molecular complexity index is 695. The Morgan fingerprint density at radius 3 is 2.58 bits per heavy atom. The summed E-state index contributed by atoms with van der Waals surface area (Å²) in [5.41, 5.74) is -0.666. The lowest BCUT2D eigenvalue weighted by Gasteiger charge is -2.31. The maximum atomic E-state index is 12.5. The second kappa shape index (κ2) is 7.47. The molecule has 0 bridgehead atoms. The van der Waals surface area contributed by atoms with E-state index in [1.54, 1.807) is 0 Å². The predicted molar refractivity (Wildman–Crippen MR) is 100 cm³/mol. The maximum absolute atomic E-state index is 12.5. The molecule has 4 rings (SSSR count). The van der Waals surface area contributed by atoms with Gasteiger partial charge in [-0.25, -0.2) is 0 Å². The van der Waals surface area contributed by atoms with E-state index in [9.17, 15) is 10.1 Å². The van der Waals surface area contributed by atoms with Crippen molar-refractivity contribution in [2.45, 2.75) is 74.5 Å². The molecule has 2 aliphatic carbocycles. The minimum Gasteiger partial charge on any atom is -0.341 e. The molecule has 1 N–H and O–H groups in total. The molecule has 0 spiro atoms. The summed E-state index contributed by atoms with van der Waals surface area (Å²) < 4.78 is 2.23. The smallest absolute Gasteiger partial charge is 0.231 e. The Hall–Kier alpha value is -1.75. The first-order valence-corrected chi connectivity index (χ1v) is 10.7. The predicted octanol–water partition coefficient (Wildman–Crippen LogP) is 2.65. The van der Waals surface area contributed by atoms with Gasteiger partial charge in [-0.2, -0.15) is 5.26 Å². The van der Waals surface area contributed by atoms with Crippen molar-refractivity contribution in [1.82, 2.24) is 20.1 Å². The molecule has 7 nitrogen and oxygen atoms in total. The number of carbonyl (C=O) groups excluding carboxylic acids is 1. The van der Waals surface area contributed by atoms with E-state index in [1.807, 2.05) is 0 Å². The highest BCUT2D eigenvalue weighted by Gasteiger charge is 2.35. The van der Waals surface area contributed by atoms with Crippen molar-refractivity contribution < 1.29 is 4.79 Å². The summed E-state index contributed by atoms with van der Waals surface area (Å²) in [6.07, 6.45) is 9.43. The summed E-state index contributed by atoms with van der Waals surface area (Å²) >= 11 is 1.44. The number of amides is 1. The van der Waals surface area contributed by atoms with Crippen molar-refractivity contribution in [3.05, 3.63) is 0 Å². The van der Waals surface area contributed by atoms with Gasteiger partial charge in [0, 0.05) is 19.1 Å². The van der Waals surface area contributed by atoms with E-state index in [0.717, 1.165) is 69.1 Å². The second-order valence-corrected chi connectivity index (χ2v) is 8.61. The van der Waals surface area contributed by atoms with Crippen LogP contribution >= 0.6 is 11.8 Å². The molecule has 140 valence electrons. The summed E-state index contributed by atoms with van der Waals surface area (Å²) in [6, 6.07) is 2.83. The maximum Gasteiger partial charge on any atom is 0.231 e. The third-order valence-electron chi connectivity index (χ3n) is 5.58. The number of nitrogens with one attached hydrogen (secondary N) is 1. The Morgan fingerprint density at radius 2 is 1.92 bits per heavy atom. The Labute approximate surface area is 158 Å². The molecule has 3 aliphatic rings. The Kier molecular flexibility index (Phi) is 5.07. The van der Waals surface area contributed by atoms with E-state index in [2.05, 4.69) is 31.1 Å². The van der Waals surface area contributed by atoms with Gasteiger partial charge in [0.1, 0.15) is 5.54 Å². The van der Waals surface area contributed by atoms with Crippen LogP contribution in [0, 0.1) is 11.3 Å². The first-order chi connectivity index (χ1) is 12.7. The summed E-state index contributed by atoms with van der Waals surface area (Å²) in [5, 5.41) is 22.1. The van der Waals surface area contributed by atoms with Crippen LogP contribution in [0.3, 0.4) is 0 Å². The molecule has 0 aromatic carbocycles. The lowest BCUT2D eigenvalue weighted by Crippen LogP contribution is -2.49. The number of rotatable bonds is 6. The van der Waals surface area contributed by atoms with Gasteiger partial charge in [0.2, 0.25) is 11.9 Å². The van der Waals surface area contributed by atoms with E-state index in [4.69, 9.17) is 0 Å². The van der Waals surface area contributed by atoms with Crippen molar-refractivity contribution >= 4 is 23.6 Å². The van der Waals surface area contributed by atoms with Crippen LogP contribution in [0.25, 0.3) is 0 Å². The number of hydrogen-bond acceptors (Lipinski definition) is 6. The van der Waals surface area contributed by atoms with Gasteiger partial charge in [-0.15, -0.1) is 10.2 Å². The van der Waals surface area contributed by atoms with Gasteiger partial charge in [0.15, 0.2) is 5.16 Å². The molecule has 1 aliphatic heterocycles. The lowest BCUT2D eigenvalue weighted by atomic mass is 9.83. The standard InChI is InChI=1S/C18H26N6OS/c19-13-18(8-2-1-3-9-18)20-15(25)12-26-17-22-21-16(23-10-4-5-11-23)24(17)14-6-7-14/h14H,1-12H2,(H,20,25). The second-order valence-electron chi connectivity index (χ2n) is 7.67. The van der Waals surface area contributed by atoms with E-state index in [-0.39, 0.29) is 11.7 Å². The van der Waals surface area contributed by atoms with Gasteiger partial charge >= 0.3 is 0 Å².